The minimum atomic E-state index is -0.486. The zero-order valence-electron chi connectivity index (χ0n) is 10.6. The van der Waals surface area contributed by atoms with Crippen LogP contribution in [0.4, 0.5) is 14.5 Å². The van der Waals surface area contributed by atoms with Gasteiger partial charge in [-0.1, -0.05) is 12.1 Å². The van der Waals surface area contributed by atoms with Crippen LogP contribution >= 0.6 is 0 Å². The molecule has 1 N–H and O–H groups in total. The number of amides is 1. The normalized spacial score (nSPS) is 10.1. The molecule has 2 rings (SSSR count). The molecular weight excluding hydrogens is 264 g/mol. The summed E-state index contributed by atoms with van der Waals surface area (Å²) in [6.45, 7) is 0.131. The van der Waals surface area contributed by atoms with Gasteiger partial charge in [0.25, 0.3) is 0 Å². The van der Waals surface area contributed by atoms with Crippen molar-refractivity contribution in [3.05, 3.63) is 60.2 Å². The SMILES string of the molecule is O=C(CCOc1ccc(F)cc1)Nc1ccccc1F. The van der Waals surface area contributed by atoms with E-state index in [9.17, 15) is 13.6 Å². The second-order valence-corrected chi connectivity index (χ2v) is 4.08. The topological polar surface area (TPSA) is 38.3 Å². The second kappa shape index (κ2) is 6.65. The minimum Gasteiger partial charge on any atom is -0.493 e. The quantitative estimate of drug-likeness (QED) is 0.910. The number of hydrogen-bond acceptors (Lipinski definition) is 2. The van der Waals surface area contributed by atoms with Gasteiger partial charge in [0, 0.05) is 0 Å². The van der Waals surface area contributed by atoms with Gasteiger partial charge in [0.05, 0.1) is 18.7 Å². The van der Waals surface area contributed by atoms with E-state index in [2.05, 4.69) is 5.32 Å². The number of rotatable bonds is 5. The van der Waals surface area contributed by atoms with Gasteiger partial charge in [-0.3, -0.25) is 4.79 Å². The van der Waals surface area contributed by atoms with Crippen LogP contribution in [0.25, 0.3) is 0 Å². The molecule has 0 radical (unpaired) electrons. The zero-order valence-corrected chi connectivity index (χ0v) is 10.6. The molecule has 0 saturated carbocycles. The number of nitrogens with one attached hydrogen (secondary N) is 1. The Kier molecular flexibility index (Phi) is 4.65. The second-order valence-electron chi connectivity index (χ2n) is 4.08. The molecule has 1 amide bonds. The van der Waals surface area contributed by atoms with Crippen molar-refractivity contribution >= 4 is 11.6 Å². The van der Waals surface area contributed by atoms with Crippen molar-refractivity contribution in [1.29, 1.82) is 0 Å². The standard InChI is InChI=1S/C15H13F2NO2/c16-11-5-7-12(8-6-11)20-10-9-15(19)18-14-4-2-1-3-13(14)17/h1-8H,9-10H2,(H,18,19). The summed E-state index contributed by atoms with van der Waals surface area (Å²) in [6.07, 6.45) is 0.0751. The molecule has 0 aromatic heterocycles. The number of halogens is 2. The highest BCUT2D eigenvalue weighted by molar-refractivity contribution is 5.90. The van der Waals surface area contributed by atoms with Crippen molar-refractivity contribution in [2.45, 2.75) is 6.42 Å². The van der Waals surface area contributed by atoms with Crippen molar-refractivity contribution in [2.24, 2.45) is 0 Å². The molecule has 20 heavy (non-hydrogen) atoms. The van der Waals surface area contributed by atoms with Crippen LogP contribution in [0.3, 0.4) is 0 Å². The van der Waals surface area contributed by atoms with Crippen LogP contribution in [0.2, 0.25) is 0 Å². The van der Waals surface area contributed by atoms with Gasteiger partial charge in [-0.15, -0.1) is 0 Å². The molecule has 0 atom stereocenters. The number of carbonyl (C=O) groups excluding carboxylic acids is 1. The van der Waals surface area contributed by atoms with Crippen LogP contribution in [0.15, 0.2) is 48.5 Å². The van der Waals surface area contributed by atoms with E-state index in [1.807, 2.05) is 0 Å². The molecule has 2 aromatic rings. The van der Waals surface area contributed by atoms with E-state index < -0.39 is 5.82 Å². The average molecular weight is 277 g/mol. The molecule has 0 aliphatic rings. The Morgan fingerprint density at radius 1 is 1.05 bits per heavy atom. The number of benzene rings is 2. The highest BCUT2D eigenvalue weighted by atomic mass is 19.1. The number of para-hydroxylation sites is 1. The van der Waals surface area contributed by atoms with Gasteiger partial charge in [0.2, 0.25) is 5.91 Å². The van der Waals surface area contributed by atoms with E-state index in [1.165, 1.54) is 36.4 Å². The number of anilines is 1. The fourth-order valence-electron chi connectivity index (χ4n) is 1.57. The molecular formula is C15H13F2NO2. The molecule has 0 heterocycles. The van der Waals surface area contributed by atoms with Crippen molar-refractivity contribution in [2.75, 3.05) is 11.9 Å². The molecule has 0 unspecified atom stereocenters. The predicted octanol–water partition coefficient (Wildman–Crippen LogP) is 3.37. The first-order valence-electron chi connectivity index (χ1n) is 6.08. The Balaban J connectivity index is 1.78. The minimum absolute atomic E-state index is 0.0751. The summed E-state index contributed by atoms with van der Waals surface area (Å²) in [5, 5.41) is 2.45. The van der Waals surface area contributed by atoms with Crippen molar-refractivity contribution in [3.63, 3.8) is 0 Å². The fraction of sp³-hybridized carbons (Fsp3) is 0.133. The fourth-order valence-corrected chi connectivity index (χ4v) is 1.57. The highest BCUT2D eigenvalue weighted by Gasteiger charge is 2.06. The van der Waals surface area contributed by atoms with Crippen LogP contribution in [0.1, 0.15) is 6.42 Å². The van der Waals surface area contributed by atoms with Crippen LogP contribution in [-0.2, 0) is 4.79 Å². The largest absolute Gasteiger partial charge is 0.493 e. The number of ether oxygens (including phenoxy) is 1. The Labute approximate surface area is 115 Å². The summed E-state index contributed by atoms with van der Waals surface area (Å²) < 4.78 is 31.2. The molecule has 0 bridgehead atoms. The van der Waals surface area contributed by atoms with Gasteiger partial charge < -0.3 is 10.1 Å². The average Bonchev–Trinajstić information content (AvgIpc) is 2.44. The lowest BCUT2D eigenvalue weighted by molar-refractivity contribution is -0.116. The molecule has 104 valence electrons. The lowest BCUT2D eigenvalue weighted by Gasteiger charge is -2.07. The van der Waals surface area contributed by atoms with Crippen LogP contribution < -0.4 is 10.1 Å². The van der Waals surface area contributed by atoms with E-state index in [0.717, 1.165) is 0 Å². The molecule has 2 aromatic carbocycles. The lowest BCUT2D eigenvalue weighted by atomic mass is 10.3. The molecule has 0 fully saturated rings. The van der Waals surface area contributed by atoms with Gasteiger partial charge in [0.15, 0.2) is 0 Å². The summed E-state index contributed by atoms with van der Waals surface area (Å²) in [5.74, 6) is -0.711. The molecule has 0 aliphatic heterocycles. The monoisotopic (exact) mass is 277 g/mol. The molecule has 0 saturated heterocycles. The lowest BCUT2D eigenvalue weighted by Crippen LogP contribution is -2.15. The van der Waals surface area contributed by atoms with Gasteiger partial charge in [-0.05, 0) is 36.4 Å². The summed E-state index contributed by atoms with van der Waals surface area (Å²) in [4.78, 5) is 11.6. The third-order valence-electron chi connectivity index (χ3n) is 2.56. The van der Waals surface area contributed by atoms with E-state index in [4.69, 9.17) is 4.74 Å². The molecule has 0 aliphatic carbocycles. The van der Waals surface area contributed by atoms with Gasteiger partial charge in [-0.2, -0.15) is 0 Å². The Hall–Kier alpha value is -2.43. The predicted molar refractivity (Wildman–Crippen MR) is 71.5 cm³/mol. The first kappa shape index (κ1) is 14.0. The summed E-state index contributed by atoms with van der Waals surface area (Å²) >= 11 is 0. The first-order valence-corrected chi connectivity index (χ1v) is 6.08. The van der Waals surface area contributed by atoms with Crippen molar-refractivity contribution < 1.29 is 18.3 Å². The summed E-state index contributed by atoms with van der Waals surface area (Å²) in [5.41, 5.74) is 0.138. The zero-order chi connectivity index (χ0) is 14.4. The van der Waals surface area contributed by atoms with E-state index in [1.54, 1.807) is 12.1 Å². The first-order chi connectivity index (χ1) is 9.65. The van der Waals surface area contributed by atoms with Gasteiger partial charge in [-0.25, -0.2) is 8.78 Å². The van der Waals surface area contributed by atoms with Crippen LogP contribution in [-0.4, -0.2) is 12.5 Å². The summed E-state index contributed by atoms with van der Waals surface area (Å²) in [7, 11) is 0. The third-order valence-corrected chi connectivity index (χ3v) is 2.56. The maximum Gasteiger partial charge on any atom is 0.227 e. The van der Waals surface area contributed by atoms with Crippen LogP contribution in [0.5, 0.6) is 5.75 Å². The van der Waals surface area contributed by atoms with Crippen molar-refractivity contribution in [1.82, 2.24) is 0 Å². The van der Waals surface area contributed by atoms with E-state index in [0.29, 0.717) is 5.75 Å². The van der Waals surface area contributed by atoms with Gasteiger partial charge >= 0.3 is 0 Å². The highest BCUT2D eigenvalue weighted by Crippen LogP contribution is 2.13. The maximum atomic E-state index is 13.3. The number of carbonyl (C=O) groups is 1. The Morgan fingerprint density at radius 2 is 1.75 bits per heavy atom. The Bertz CT molecular complexity index is 585. The summed E-state index contributed by atoms with van der Waals surface area (Å²) in [6, 6.07) is 11.4. The van der Waals surface area contributed by atoms with Crippen molar-refractivity contribution in [3.8, 4) is 5.75 Å². The van der Waals surface area contributed by atoms with E-state index >= 15 is 0 Å². The molecule has 5 heteroatoms. The molecule has 0 spiro atoms. The van der Waals surface area contributed by atoms with Crippen LogP contribution in [0, 0.1) is 11.6 Å². The smallest absolute Gasteiger partial charge is 0.227 e. The Morgan fingerprint density at radius 3 is 2.45 bits per heavy atom. The number of hydrogen-bond donors (Lipinski definition) is 1. The van der Waals surface area contributed by atoms with Gasteiger partial charge in [0.1, 0.15) is 17.4 Å². The maximum absolute atomic E-state index is 13.3. The third kappa shape index (κ3) is 4.05. The molecule has 3 nitrogen and oxygen atoms in total. The van der Waals surface area contributed by atoms with E-state index in [-0.39, 0.29) is 30.4 Å².